The van der Waals surface area contributed by atoms with E-state index < -0.39 is 6.10 Å². The summed E-state index contributed by atoms with van der Waals surface area (Å²) in [6.07, 6.45) is -0.664. The molecule has 6 heteroatoms. The number of aryl methyl sites for hydroxylation is 1. The van der Waals surface area contributed by atoms with E-state index in [1.54, 1.807) is 24.4 Å². The van der Waals surface area contributed by atoms with E-state index in [0.29, 0.717) is 22.1 Å². The Kier molecular flexibility index (Phi) is 5.09. The molecular weight excluding hydrogens is 339 g/mol. The number of nitrogens with one attached hydrogen (secondary N) is 1. The number of aromatic nitrogens is 1. The second kappa shape index (κ2) is 7.44. The van der Waals surface area contributed by atoms with Crippen LogP contribution in [0, 0.1) is 12.7 Å². The van der Waals surface area contributed by atoms with Gasteiger partial charge in [0.2, 0.25) is 0 Å². The summed E-state index contributed by atoms with van der Waals surface area (Å²) in [6.45, 7) is 3.64. The van der Waals surface area contributed by atoms with Crippen LogP contribution in [0.4, 0.5) is 9.52 Å². The lowest BCUT2D eigenvalue weighted by molar-refractivity contribution is -0.122. The maximum atomic E-state index is 13.3. The molecule has 0 saturated carbocycles. The second-order valence-electron chi connectivity index (χ2n) is 5.61. The number of carbonyl (C=O) groups is 1. The van der Waals surface area contributed by atoms with Crippen LogP contribution in [0.5, 0.6) is 5.75 Å². The van der Waals surface area contributed by atoms with Crippen molar-refractivity contribution in [2.45, 2.75) is 20.0 Å². The van der Waals surface area contributed by atoms with Gasteiger partial charge in [-0.05, 0) is 43.7 Å². The molecule has 1 N–H and O–H groups in total. The van der Waals surface area contributed by atoms with Crippen LogP contribution in [0.2, 0.25) is 0 Å². The highest BCUT2D eigenvalue weighted by Gasteiger charge is 2.17. The number of carbonyl (C=O) groups excluding carboxylic acids is 1. The van der Waals surface area contributed by atoms with Crippen LogP contribution in [-0.2, 0) is 4.79 Å². The standard InChI is InChI=1S/C19H17FN2O2S/c1-12-5-3-8-16(9-12)24-13(2)18(23)22-19-21-17(11-25-19)14-6-4-7-15(20)10-14/h3-11,13H,1-2H3,(H,21,22,23)/t13-/m1/s1. The normalized spacial score (nSPS) is 11.8. The van der Waals surface area contributed by atoms with Crippen molar-refractivity contribution >= 4 is 22.4 Å². The fourth-order valence-electron chi connectivity index (χ4n) is 2.26. The first-order valence-corrected chi connectivity index (χ1v) is 8.65. The van der Waals surface area contributed by atoms with E-state index in [-0.39, 0.29) is 11.7 Å². The number of ether oxygens (including phenoxy) is 1. The Bertz CT molecular complexity index is 894. The SMILES string of the molecule is Cc1cccc(O[C@H](C)C(=O)Nc2nc(-c3cccc(F)c3)cs2)c1. The molecule has 0 aliphatic carbocycles. The number of thiazole rings is 1. The third kappa shape index (κ3) is 4.42. The van der Waals surface area contributed by atoms with Gasteiger partial charge < -0.3 is 4.74 Å². The number of hydrogen-bond donors (Lipinski definition) is 1. The van der Waals surface area contributed by atoms with Gasteiger partial charge in [0.25, 0.3) is 5.91 Å². The molecule has 0 bridgehead atoms. The summed E-state index contributed by atoms with van der Waals surface area (Å²) >= 11 is 1.28. The first-order valence-electron chi connectivity index (χ1n) is 7.77. The number of amides is 1. The molecule has 0 spiro atoms. The Morgan fingerprint density at radius 1 is 1.24 bits per heavy atom. The molecule has 0 unspecified atom stereocenters. The smallest absolute Gasteiger partial charge is 0.266 e. The molecule has 1 atom stereocenters. The topological polar surface area (TPSA) is 51.2 Å². The van der Waals surface area contributed by atoms with E-state index in [2.05, 4.69) is 10.3 Å². The summed E-state index contributed by atoms with van der Waals surface area (Å²) in [5.41, 5.74) is 2.35. The van der Waals surface area contributed by atoms with Gasteiger partial charge in [-0.25, -0.2) is 9.37 Å². The molecule has 0 aliphatic rings. The van der Waals surface area contributed by atoms with Crippen molar-refractivity contribution in [1.29, 1.82) is 0 Å². The second-order valence-corrected chi connectivity index (χ2v) is 6.47. The molecular formula is C19H17FN2O2S. The van der Waals surface area contributed by atoms with Gasteiger partial charge in [0.05, 0.1) is 5.69 Å². The molecule has 1 amide bonds. The summed E-state index contributed by atoms with van der Waals surface area (Å²) in [5.74, 6) is 0.0279. The maximum Gasteiger partial charge on any atom is 0.266 e. The molecule has 4 nitrogen and oxygen atoms in total. The van der Waals surface area contributed by atoms with E-state index in [1.165, 1.54) is 23.5 Å². The summed E-state index contributed by atoms with van der Waals surface area (Å²) < 4.78 is 19.0. The summed E-state index contributed by atoms with van der Waals surface area (Å²) in [7, 11) is 0. The minimum Gasteiger partial charge on any atom is -0.481 e. The molecule has 3 aromatic rings. The van der Waals surface area contributed by atoms with Crippen LogP contribution in [0.15, 0.2) is 53.9 Å². The Labute approximate surface area is 149 Å². The Morgan fingerprint density at radius 2 is 2.04 bits per heavy atom. The Hall–Kier alpha value is -2.73. The third-order valence-corrected chi connectivity index (χ3v) is 4.28. The van der Waals surface area contributed by atoms with E-state index in [1.807, 2.05) is 31.2 Å². The fraction of sp³-hybridized carbons (Fsp3) is 0.158. The Morgan fingerprint density at radius 3 is 2.80 bits per heavy atom. The minimum atomic E-state index is -0.664. The average molecular weight is 356 g/mol. The number of rotatable bonds is 5. The van der Waals surface area contributed by atoms with Gasteiger partial charge >= 0.3 is 0 Å². The molecule has 1 heterocycles. The van der Waals surface area contributed by atoms with Gasteiger partial charge in [0, 0.05) is 10.9 Å². The molecule has 128 valence electrons. The molecule has 2 aromatic carbocycles. The molecule has 1 aromatic heterocycles. The number of nitrogens with zero attached hydrogens (tertiary/aromatic N) is 1. The average Bonchev–Trinajstić information content (AvgIpc) is 3.03. The number of benzene rings is 2. The number of anilines is 1. The highest BCUT2D eigenvalue weighted by molar-refractivity contribution is 7.14. The lowest BCUT2D eigenvalue weighted by atomic mass is 10.2. The van der Waals surface area contributed by atoms with Gasteiger partial charge in [-0.15, -0.1) is 11.3 Å². The van der Waals surface area contributed by atoms with Crippen molar-refractivity contribution in [2.24, 2.45) is 0 Å². The summed E-state index contributed by atoms with van der Waals surface area (Å²) in [4.78, 5) is 16.6. The van der Waals surface area contributed by atoms with Crippen LogP contribution in [0.25, 0.3) is 11.3 Å². The zero-order valence-electron chi connectivity index (χ0n) is 13.8. The Balaban J connectivity index is 1.65. The maximum absolute atomic E-state index is 13.3. The first-order chi connectivity index (χ1) is 12.0. The predicted molar refractivity (Wildman–Crippen MR) is 97.4 cm³/mol. The van der Waals surface area contributed by atoms with Crippen molar-refractivity contribution in [2.75, 3.05) is 5.32 Å². The van der Waals surface area contributed by atoms with Crippen LogP contribution < -0.4 is 10.1 Å². The van der Waals surface area contributed by atoms with Gasteiger partial charge in [-0.3, -0.25) is 10.1 Å². The van der Waals surface area contributed by atoms with E-state index in [0.717, 1.165) is 5.56 Å². The quantitative estimate of drug-likeness (QED) is 0.723. The molecule has 0 radical (unpaired) electrons. The predicted octanol–water partition coefficient (Wildman–Crippen LogP) is 4.66. The molecule has 3 rings (SSSR count). The fourth-order valence-corrected chi connectivity index (χ4v) is 2.99. The van der Waals surface area contributed by atoms with Gasteiger partial charge in [0.15, 0.2) is 11.2 Å². The van der Waals surface area contributed by atoms with E-state index >= 15 is 0 Å². The number of hydrogen-bond acceptors (Lipinski definition) is 4. The van der Waals surface area contributed by atoms with Gasteiger partial charge in [0.1, 0.15) is 11.6 Å². The van der Waals surface area contributed by atoms with Crippen molar-refractivity contribution in [3.8, 4) is 17.0 Å². The van der Waals surface area contributed by atoms with E-state index in [9.17, 15) is 9.18 Å². The monoisotopic (exact) mass is 356 g/mol. The first kappa shape index (κ1) is 17.1. The molecule has 0 fully saturated rings. The van der Waals surface area contributed by atoms with E-state index in [4.69, 9.17) is 4.74 Å². The highest BCUT2D eigenvalue weighted by atomic mass is 32.1. The lowest BCUT2D eigenvalue weighted by Crippen LogP contribution is -2.30. The lowest BCUT2D eigenvalue weighted by Gasteiger charge is -2.14. The summed E-state index contributed by atoms with van der Waals surface area (Å²) in [6, 6.07) is 13.7. The minimum absolute atomic E-state index is 0.290. The largest absolute Gasteiger partial charge is 0.481 e. The van der Waals surface area contributed by atoms with Gasteiger partial charge in [-0.2, -0.15) is 0 Å². The molecule has 25 heavy (non-hydrogen) atoms. The number of halogens is 1. The van der Waals surface area contributed by atoms with Crippen molar-refractivity contribution in [3.63, 3.8) is 0 Å². The summed E-state index contributed by atoms with van der Waals surface area (Å²) in [5, 5.41) is 4.95. The third-order valence-electron chi connectivity index (χ3n) is 3.53. The van der Waals surface area contributed by atoms with Crippen LogP contribution in [0.3, 0.4) is 0 Å². The van der Waals surface area contributed by atoms with Crippen molar-refractivity contribution in [3.05, 3.63) is 65.3 Å². The zero-order valence-corrected chi connectivity index (χ0v) is 14.6. The zero-order chi connectivity index (χ0) is 17.8. The van der Waals surface area contributed by atoms with Crippen LogP contribution in [0.1, 0.15) is 12.5 Å². The van der Waals surface area contributed by atoms with Crippen LogP contribution >= 0.6 is 11.3 Å². The molecule has 0 saturated heterocycles. The van der Waals surface area contributed by atoms with Crippen molar-refractivity contribution in [1.82, 2.24) is 4.98 Å². The highest BCUT2D eigenvalue weighted by Crippen LogP contribution is 2.25. The molecule has 0 aliphatic heterocycles. The van der Waals surface area contributed by atoms with Crippen LogP contribution in [-0.4, -0.2) is 17.0 Å². The van der Waals surface area contributed by atoms with Gasteiger partial charge in [-0.1, -0.05) is 24.3 Å². The van der Waals surface area contributed by atoms with Crippen molar-refractivity contribution < 1.29 is 13.9 Å².